The molecule has 1 amide bonds. The van der Waals surface area contributed by atoms with E-state index in [-0.39, 0.29) is 17.4 Å². The molecule has 7 nitrogen and oxygen atoms in total. The van der Waals surface area contributed by atoms with Gasteiger partial charge in [0, 0.05) is 0 Å². The van der Waals surface area contributed by atoms with Crippen LogP contribution in [0.4, 0.5) is 0 Å². The van der Waals surface area contributed by atoms with Crippen molar-refractivity contribution in [3.05, 3.63) is 36.2 Å². The van der Waals surface area contributed by atoms with Crippen LogP contribution in [0.15, 0.2) is 30.5 Å². The zero-order valence-corrected chi connectivity index (χ0v) is 13.3. The first-order chi connectivity index (χ1) is 11.5. The van der Waals surface area contributed by atoms with Crippen LogP contribution in [-0.2, 0) is 0 Å². The normalized spacial score (nSPS) is 19.0. The molecule has 1 aromatic heterocycles. The van der Waals surface area contributed by atoms with Gasteiger partial charge in [0.05, 0.1) is 32.1 Å². The monoisotopic (exact) mass is 329 g/mol. The van der Waals surface area contributed by atoms with Crippen molar-refractivity contribution in [2.75, 3.05) is 20.2 Å². The lowest BCUT2D eigenvalue weighted by Crippen LogP contribution is -2.64. The van der Waals surface area contributed by atoms with Crippen molar-refractivity contribution >= 4 is 5.91 Å². The molecule has 1 aliphatic carbocycles. The zero-order valence-electron chi connectivity index (χ0n) is 13.3. The lowest BCUT2D eigenvalue weighted by molar-refractivity contribution is -0.0960. The minimum absolute atomic E-state index is 0.00339. The number of hydrogen-bond acceptors (Lipinski definition) is 5. The zero-order chi connectivity index (χ0) is 16.9. The van der Waals surface area contributed by atoms with Gasteiger partial charge in [-0.05, 0) is 43.0 Å². The Balaban J connectivity index is 1.51. The van der Waals surface area contributed by atoms with E-state index in [1.54, 1.807) is 31.4 Å². The van der Waals surface area contributed by atoms with Gasteiger partial charge >= 0.3 is 0 Å². The molecule has 24 heavy (non-hydrogen) atoms. The fourth-order valence-corrected chi connectivity index (χ4v) is 3.17. The maximum absolute atomic E-state index is 12.5. The first-order valence-corrected chi connectivity index (χ1v) is 7.95. The SMILES string of the molecule is COc1ccc(-n2cc(O)c(C(=O)N3CC(O)(C4CC4)C3)n2)cc1. The number of amides is 1. The molecular weight excluding hydrogens is 310 g/mol. The molecule has 0 unspecified atom stereocenters. The van der Waals surface area contributed by atoms with Crippen LogP contribution >= 0.6 is 0 Å². The van der Waals surface area contributed by atoms with Crippen LogP contribution in [0.2, 0.25) is 0 Å². The van der Waals surface area contributed by atoms with Crippen LogP contribution < -0.4 is 4.74 Å². The molecule has 126 valence electrons. The smallest absolute Gasteiger partial charge is 0.278 e. The summed E-state index contributed by atoms with van der Waals surface area (Å²) in [5.41, 5.74) is -0.0315. The number of hydrogen-bond donors (Lipinski definition) is 2. The number of carbonyl (C=O) groups excluding carboxylic acids is 1. The fraction of sp³-hybridized carbons (Fsp3) is 0.412. The number of nitrogens with zero attached hydrogens (tertiary/aromatic N) is 3. The van der Waals surface area contributed by atoms with E-state index < -0.39 is 5.60 Å². The minimum atomic E-state index is -0.746. The predicted octanol–water partition coefficient (Wildman–Crippen LogP) is 1.18. The van der Waals surface area contributed by atoms with E-state index in [4.69, 9.17) is 4.74 Å². The standard InChI is InChI=1S/C17H19N3O4/c1-24-13-6-4-12(5-7-13)20-8-14(21)15(18-20)16(22)19-9-17(23,10-19)11-2-3-11/h4-8,11,21,23H,2-3,9-10H2,1H3. The number of benzene rings is 1. The number of likely N-dealkylation sites (tertiary alicyclic amines) is 1. The highest BCUT2D eigenvalue weighted by molar-refractivity contribution is 5.95. The molecule has 2 aromatic rings. The van der Waals surface area contributed by atoms with E-state index in [2.05, 4.69) is 5.10 Å². The third kappa shape index (κ3) is 2.41. The van der Waals surface area contributed by atoms with Gasteiger partial charge in [-0.3, -0.25) is 4.79 Å². The quantitative estimate of drug-likeness (QED) is 0.879. The molecule has 0 bridgehead atoms. The summed E-state index contributed by atoms with van der Waals surface area (Å²) >= 11 is 0. The molecule has 1 saturated heterocycles. The van der Waals surface area contributed by atoms with E-state index in [0.29, 0.717) is 30.4 Å². The van der Waals surface area contributed by atoms with Gasteiger partial charge in [0.15, 0.2) is 11.4 Å². The number of aromatic nitrogens is 2. The average Bonchev–Trinajstić information content (AvgIpc) is 3.34. The molecule has 1 aromatic carbocycles. The van der Waals surface area contributed by atoms with Crippen LogP contribution in [-0.4, -0.2) is 56.6 Å². The first kappa shape index (κ1) is 15.0. The van der Waals surface area contributed by atoms with Crippen molar-refractivity contribution in [2.24, 2.45) is 5.92 Å². The summed E-state index contributed by atoms with van der Waals surface area (Å²) in [5.74, 6) is 0.501. The fourth-order valence-electron chi connectivity index (χ4n) is 3.17. The van der Waals surface area contributed by atoms with Crippen LogP contribution in [0.3, 0.4) is 0 Å². The highest BCUT2D eigenvalue weighted by Crippen LogP contribution is 2.44. The topological polar surface area (TPSA) is 87.8 Å². The van der Waals surface area contributed by atoms with E-state index in [9.17, 15) is 15.0 Å². The molecule has 0 radical (unpaired) electrons. The molecule has 0 atom stereocenters. The molecule has 2 aliphatic rings. The maximum Gasteiger partial charge on any atom is 0.278 e. The molecular formula is C17H19N3O4. The number of rotatable bonds is 4. The van der Waals surface area contributed by atoms with Crippen molar-refractivity contribution in [3.8, 4) is 17.2 Å². The Morgan fingerprint density at radius 2 is 1.96 bits per heavy atom. The van der Waals surface area contributed by atoms with Crippen LogP contribution in [0.1, 0.15) is 23.3 Å². The number of methoxy groups -OCH3 is 1. The van der Waals surface area contributed by atoms with Gasteiger partial charge in [-0.1, -0.05) is 0 Å². The Kier molecular flexibility index (Phi) is 3.28. The van der Waals surface area contributed by atoms with Gasteiger partial charge in [0.25, 0.3) is 5.91 Å². The van der Waals surface area contributed by atoms with Gasteiger partial charge in [-0.15, -0.1) is 0 Å². The van der Waals surface area contributed by atoms with Gasteiger partial charge < -0.3 is 19.8 Å². The molecule has 7 heteroatoms. The highest BCUT2D eigenvalue weighted by atomic mass is 16.5. The Hall–Kier alpha value is -2.54. The van der Waals surface area contributed by atoms with Crippen molar-refractivity contribution in [3.63, 3.8) is 0 Å². The van der Waals surface area contributed by atoms with E-state index in [1.165, 1.54) is 15.8 Å². The van der Waals surface area contributed by atoms with Crippen molar-refractivity contribution in [2.45, 2.75) is 18.4 Å². The van der Waals surface area contributed by atoms with Crippen molar-refractivity contribution < 1.29 is 19.7 Å². The first-order valence-electron chi connectivity index (χ1n) is 7.95. The van der Waals surface area contributed by atoms with Crippen LogP contribution in [0.25, 0.3) is 5.69 Å². The third-order valence-corrected chi connectivity index (χ3v) is 4.79. The lowest BCUT2D eigenvalue weighted by atomic mass is 9.88. The van der Waals surface area contributed by atoms with E-state index >= 15 is 0 Å². The molecule has 2 heterocycles. The van der Waals surface area contributed by atoms with Gasteiger partial charge in [-0.2, -0.15) is 5.10 Å². The highest BCUT2D eigenvalue weighted by Gasteiger charge is 2.53. The molecule has 2 N–H and O–H groups in total. The Morgan fingerprint density at radius 1 is 1.29 bits per heavy atom. The van der Waals surface area contributed by atoms with Gasteiger partial charge in [0.2, 0.25) is 0 Å². The Bertz CT molecular complexity index is 774. The minimum Gasteiger partial charge on any atom is -0.504 e. The number of β-amino-alcohol motifs (C(OH)–C–C–N with tert-alkyl or cyclic N) is 1. The summed E-state index contributed by atoms with van der Waals surface area (Å²) in [4.78, 5) is 14.0. The summed E-state index contributed by atoms with van der Waals surface area (Å²) in [6, 6.07) is 7.13. The molecule has 1 saturated carbocycles. The van der Waals surface area contributed by atoms with Gasteiger partial charge in [0.1, 0.15) is 11.4 Å². The van der Waals surface area contributed by atoms with Crippen molar-refractivity contribution in [1.29, 1.82) is 0 Å². The number of aromatic hydroxyl groups is 1. The second-order valence-corrected chi connectivity index (χ2v) is 6.54. The molecule has 4 rings (SSSR count). The molecule has 0 spiro atoms. The number of carbonyl (C=O) groups is 1. The molecule has 1 aliphatic heterocycles. The van der Waals surface area contributed by atoms with Crippen LogP contribution in [0, 0.1) is 5.92 Å². The average molecular weight is 329 g/mol. The molecule has 2 fully saturated rings. The second-order valence-electron chi connectivity index (χ2n) is 6.54. The Morgan fingerprint density at radius 3 is 2.54 bits per heavy atom. The third-order valence-electron chi connectivity index (χ3n) is 4.79. The number of aliphatic hydroxyl groups is 1. The van der Waals surface area contributed by atoms with Crippen LogP contribution in [0.5, 0.6) is 11.5 Å². The Labute approximate surface area is 139 Å². The van der Waals surface area contributed by atoms with Crippen molar-refractivity contribution in [1.82, 2.24) is 14.7 Å². The summed E-state index contributed by atoms with van der Waals surface area (Å²) in [6.45, 7) is 0.622. The van der Waals surface area contributed by atoms with E-state index in [1.807, 2.05) is 0 Å². The largest absolute Gasteiger partial charge is 0.504 e. The second kappa shape index (κ2) is 5.24. The predicted molar refractivity (Wildman–Crippen MR) is 85.4 cm³/mol. The summed E-state index contributed by atoms with van der Waals surface area (Å²) in [6.07, 6.45) is 3.45. The summed E-state index contributed by atoms with van der Waals surface area (Å²) < 4.78 is 6.56. The van der Waals surface area contributed by atoms with E-state index in [0.717, 1.165) is 12.8 Å². The summed E-state index contributed by atoms with van der Waals surface area (Å²) in [5, 5.41) is 24.6. The maximum atomic E-state index is 12.5. The lowest BCUT2D eigenvalue weighted by Gasteiger charge is -2.46. The number of ether oxygens (including phenoxy) is 1. The van der Waals surface area contributed by atoms with Gasteiger partial charge in [-0.25, -0.2) is 4.68 Å². The summed E-state index contributed by atoms with van der Waals surface area (Å²) in [7, 11) is 1.58.